The highest BCUT2D eigenvalue weighted by Crippen LogP contribution is 2.60. The minimum absolute atomic E-state index is 0.0690. The molecule has 2 aliphatic rings. The molecule has 168 valence electrons. The smallest absolute Gasteiger partial charge is 0.309 e. The lowest BCUT2D eigenvalue weighted by Gasteiger charge is -2.53. The lowest BCUT2D eigenvalue weighted by molar-refractivity contribution is -0.120. The molecule has 1 aromatic carbocycles. The Kier molecular flexibility index (Phi) is 5.11. The van der Waals surface area contributed by atoms with E-state index in [0.29, 0.717) is 12.4 Å². The lowest BCUT2D eigenvalue weighted by atomic mass is 9.83. The molecule has 1 aliphatic heterocycles. The highest BCUT2D eigenvalue weighted by atomic mass is 32.3. The topological polar surface area (TPSA) is 81.3 Å². The second kappa shape index (κ2) is 7.29. The Morgan fingerprint density at radius 3 is 2.35 bits per heavy atom. The predicted molar refractivity (Wildman–Crippen MR) is 128 cm³/mol. The van der Waals surface area contributed by atoms with E-state index in [9.17, 15) is 9.59 Å². The van der Waals surface area contributed by atoms with Crippen molar-refractivity contribution in [1.29, 1.82) is 0 Å². The molecule has 3 amide bonds. The van der Waals surface area contributed by atoms with Gasteiger partial charge in [0.05, 0.1) is 22.5 Å². The molecule has 1 aromatic heterocycles. The van der Waals surface area contributed by atoms with Gasteiger partial charge in [-0.25, -0.2) is 14.8 Å². The van der Waals surface area contributed by atoms with Gasteiger partial charge in [-0.15, -0.1) is 0 Å². The summed E-state index contributed by atoms with van der Waals surface area (Å²) < 4.78 is -0.282. The fourth-order valence-electron chi connectivity index (χ4n) is 4.71. The first kappa shape index (κ1) is 21.7. The Morgan fingerprint density at radius 1 is 1.16 bits per heavy atom. The average Bonchev–Trinajstić information content (AvgIpc) is 3.17. The number of nitrogens with one attached hydrogen (secondary N) is 2. The lowest BCUT2D eigenvalue weighted by Crippen LogP contribution is -2.51. The number of para-hydroxylation sites is 1. The Balaban J connectivity index is 1.57. The van der Waals surface area contributed by atoms with Crippen molar-refractivity contribution in [1.82, 2.24) is 15.1 Å². The average molecular weight is 444 g/mol. The van der Waals surface area contributed by atoms with E-state index < -0.39 is 15.6 Å². The minimum Gasteiger partial charge on any atom is -0.309 e. The molecule has 8 heteroatoms. The number of anilines is 2. The van der Waals surface area contributed by atoms with Crippen molar-refractivity contribution >= 4 is 33.5 Å². The van der Waals surface area contributed by atoms with E-state index >= 15 is 0 Å². The van der Waals surface area contributed by atoms with Gasteiger partial charge >= 0.3 is 6.03 Å². The molecule has 2 aromatic rings. The SMILES string of the molecule is CN(C(=O)N1Cc2c(NC(=O)C3(S(C)(C)C)CCC3)n[nH]c2C1(C)C)c1ccccc1. The molecule has 0 atom stereocenters. The molecule has 7 nitrogen and oxygen atoms in total. The van der Waals surface area contributed by atoms with E-state index in [-0.39, 0.29) is 16.7 Å². The molecule has 0 spiro atoms. The third-order valence-corrected chi connectivity index (χ3v) is 10.0. The van der Waals surface area contributed by atoms with Gasteiger partial charge in [0.15, 0.2) is 5.82 Å². The first-order valence-electron chi connectivity index (χ1n) is 10.7. The van der Waals surface area contributed by atoms with Gasteiger partial charge in [0.2, 0.25) is 5.91 Å². The molecule has 1 aliphatic carbocycles. The number of aromatic nitrogens is 2. The molecule has 0 unspecified atom stereocenters. The molecule has 0 radical (unpaired) electrons. The summed E-state index contributed by atoms with van der Waals surface area (Å²) in [7, 11) is 0.731. The molecular formula is C23H33N5O2S. The second-order valence-electron chi connectivity index (χ2n) is 9.89. The van der Waals surface area contributed by atoms with Crippen molar-refractivity contribution in [3.8, 4) is 0 Å². The van der Waals surface area contributed by atoms with Gasteiger partial charge in [0.1, 0.15) is 0 Å². The number of fused-ring (bicyclic) bond motifs is 1. The van der Waals surface area contributed by atoms with Gasteiger partial charge in [0.25, 0.3) is 0 Å². The minimum atomic E-state index is -1.05. The summed E-state index contributed by atoms with van der Waals surface area (Å²) in [6.07, 6.45) is 9.60. The summed E-state index contributed by atoms with van der Waals surface area (Å²) in [6, 6.07) is 9.51. The van der Waals surface area contributed by atoms with Gasteiger partial charge in [-0.05, 0) is 64.0 Å². The number of benzene rings is 1. The zero-order chi connectivity index (χ0) is 22.6. The third-order valence-electron chi connectivity index (χ3n) is 7.11. The monoisotopic (exact) mass is 443 g/mol. The number of hydrogen-bond donors (Lipinski definition) is 2. The van der Waals surface area contributed by atoms with Crippen LogP contribution in [0.15, 0.2) is 30.3 Å². The second-order valence-corrected chi connectivity index (χ2v) is 14.3. The number of rotatable bonds is 4. The summed E-state index contributed by atoms with van der Waals surface area (Å²) in [4.78, 5) is 30.1. The normalized spacial score (nSPS) is 19.4. The number of hydrogen-bond acceptors (Lipinski definition) is 3. The Labute approximate surface area is 185 Å². The number of carbonyl (C=O) groups excluding carboxylic acids is 2. The number of carbonyl (C=O) groups is 2. The van der Waals surface area contributed by atoms with E-state index in [1.54, 1.807) is 11.9 Å². The van der Waals surface area contributed by atoms with Crippen LogP contribution in [0.3, 0.4) is 0 Å². The fraction of sp³-hybridized carbons (Fsp3) is 0.522. The molecular weight excluding hydrogens is 410 g/mol. The molecule has 2 heterocycles. The van der Waals surface area contributed by atoms with Crippen LogP contribution >= 0.6 is 10.0 Å². The van der Waals surface area contributed by atoms with E-state index in [0.717, 1.165) is 36.2 Å². The van der Waals surface area contributed by atoms with Crippen LogP contribution < -0.4 is 10.2 Å². The molecule has 31 heavy (non-hydrogen) atoms. The summed E-state index contributed by atoms with van der Waals surface area (Å²) in [5.74, 6) is 0.625. The summed E-state index contributed by atoms with van der Waals surface area (Å²) >= 11 is 0. The molecule has 2 N–H and O–H groups in total. The standard InChI is InChI=1S/C23H33N5O2S/c1-22(2)18-17(15-28(22)21(30)27(3)16-11-8-7-9-12-16)19(26-25-18)24-20(29)23(13-10-14-23)31(4,5)6/h7-9,11-12H,10,13-15H2,1-6H3,(H2,24,25,26,29). The molecule has 0 saturated heterocycles. The summed E-state index contributed by atoms with van der Waals surface area (Å²) in [6.45, 7) is 4.41. The van der Waals surface area contributed by atoms with Gasteiger partial charge in [-0.3, -0.25) is 14.8 Å². The first-order chi connectivity index (χ1) is 14.5. The molecule has 4 rings (SSSR count). The van der Waals surface area contributed by atoms with Gasteiger partial charge < -0.3 is 10.2 Å². The number of aromatic amines is 1. The fourth-order valence-corrected chi connectivity index (χ4v) is 6.83. The zero-order valence-corrected chi connectivity index (χ0v) is 20.1. The maximum absolute atomic E-state index is 13.3. The van der Waals surface area contributed by atoms with Crippen molar-refractivity contribution in [3.63, 3.8) is 0 Å². The first-order valence-corrected chi connectivity index (χ1v) is 13.5. The molecule has 1 saturated carbocycles. The van der Waals surface area contributed by atoms with Crippen molar-refractivity contribution in [2.45, 2.75) is 49.9 Å². The summed E-state index contributed by atoms with van der Waals surface area (Å²) in [5.41, 5.74) is 2.05. The van der Waals surface area contributed by atoms with Gasteiger partial charge in [0, 0.05) is 18.3 Å². The molecule has 0 bridgehead atoms. The maximum Gasteiger partial charge on any atom is 0.325 e. The van der Waals surface area contributed by atoms with Gasteiger partial charge in [-0.2, -0.15) is 5.10 Å². The van der Waals surface area contributed by atoms with Crippen LogP contribution in [0.4, 0.5) is 16.3 Å². The van der Waals surface area contributed by atoms with Crippen molar-refractivity contribution in [2.24, 2.45) is 0 Å². The van der Waals surface area contributed by atoms with Crippen molar-refractivity contribution < 1.29 is 9.59 Å². The largest absolute Gasteiger partial charge is 0.325 e. The number of amides is 3. The highest BCUT2D eigenvalue weighted by molar-refractivity contribution is 8.33. The van der Waals surface area contributed by atoms with Crippen LogP contribution in [0.25, 0.3) is 0 Å². The van der Waals surface area contributed by atoms with Crippen LogP contribution in [-0.2, 0) is 16.9 Å². The zero-order valence-electron chi connectivity index (χ0n) is 19.3. The van der Waals surface area contributed by atoms with Crippen LogP contribution in [0, 0.1) is 0 Å². The quantitative estimate of drug-likeness (QED) is 0.740. The predicted octanol–water partition coefficient (Wildman–Crippen LogP) is 4.27. The van der Waals surface area contributed by atoms with E-state index in [2.05, 4.69) is 34.3 Å². The molecule has 1 fully saturated rings. The van der Waals surface area contributed by atoms with E-state index in [1.807, 2.05) is 49.1 Å². The van der Waals surface area contributed by atoms with Crippen LogP contribution in [0.1, 0.15) is 44.4 Å². The van der Waals surface area contributed by atoms with Crippen LogP contribution in [0.5, 0.6) is 0 Å². The van der Waals surface area contributed by atoms with Crippen molar-refractivity contribution in [2.75, 3.05) is 36.0 Å². The highest BCUT2D eigenvalue weighted by Gasteiger charge is 2.51. The maximum atomic E-state index is 13.3. The van der Waals surface area contributed by atoms with E-state index in [4.69, 9.17) is 0 Å². The van der Waals surface area contributed by atoms with E-state index in [1.165, 1.54) is 0 Å². The Bertz CT molecular complexity index is 1000. The number of H-pyrrole nitrogens is 1. The van der Waals surface area contributed by atoms with Crippen molar-refractivity contribution in [3.05, 3.63) is 41.6 Å². The number of nitrogens with zero attached hydrogens (tertiary/aromatic N) is 3. The Hall–Kier alpha value is -2.48. The third kappa shape index (κ3) is 3.32. The van der Waals surface area contributed by atoms with Crippen LogP contribution in [-0.4, -0.2) is 57.6 Å². The summed E-state index contributed by atoms with van der Waals surface area (Å²) in [5, 5.41) is 10.6. The Morgan fingerprint density at radius 2 is 1.81 bits per heavy atom. The van der Waals surface area contributed by atoms with Crippen LogP contribution in [0.2, 0.25) is 0 Å². The number of urea groups is 1. The van der Waals surface area contributed by atoms with Gasteiger partial charge in [-0.1, -0.05) is 18.2 Å².